The van der Waals surface area contributed by atoms with Gasteiger partial charge >= 0.3 is 0 Å². The summed E-state index contributed by atoms with van der Waals surface area (Å²) in [4.78, 5) is 49.8. The van der Waals surface area contributed by atoms with E-state index in [0.29, 0.717) is 66.4 Å². The van der Waals surface area contributed by atoms with Gasteiger partial charge in [0.25, 0.3) is 11.8 Å². The SMILES string of the molecule is COc1cc(C(=O)N2C[C@H]3CC[C@@H]2[C@@H]3N)cc2nc(-c3cc4cccnc4n3CC3CC3)n(CC3CN(C(=O)c4cnc(NCC(C)(C)O)nc4)C3)c12. The number of aliphatic hydroxyl groups is 1. The number of nitrogens with two attached hydrogens (primary N) is 1. The Morgan fingerprint density at radius 2 is 1.74 bits per heavy atom. The third kappa shape index (κ3) is 6.17. The minimum atomic E-state index is -0.915. The van der Waals surface area contributed by atoms with Crippen LogP contribution >= 0.6 is 0 Å². The van der Waals surface area contributed by atoms with Crippen molar-refractivity contribution in [2.75, 3.05) is 38.6 Å². The Hall–Kier alpha value is -5.08. The van der Waals surface area contributed by atoms with Gasteiger partial charge < -0.3 is 39.8 Å². The summed E-state index contributed by atoms with van der Waals surface area (Å²) < 4.78 is 10.5. The molecule has 4 aromatic heterocycles. The highest BCUT2D eigenvalue weighted by molar-refractivity contribution is 6.00. The highest BCUT2D eigenvalue weighted by Gasteiger charge is 2.47. The Balaban J connectivity index is 1.04. The van der Waals surface area contributed by atoms with Crippen LogP contribution in [0.3, 0.4) is 0 Å². The first-order chi connectivity index (χ1) is 25.5. The normalized spacial score (nSPS) is 21.5. The van der Waals surface area contributed by atoms with Gasteiger partial charge in [0.15, 0.2) is 5.82 Å². The maximum absolute atomic E-state index is 14.0. The van der Waals surface area contributed by atoms with Crippen molar-refractivity contribution in [2.45, 2.75) is 70.3 Å². The molecule has 9 rings (SSSR count). The third-order valence-electron chi connectivity index (χ3n) is 11.5. The molecule has 3 atom stereocenters. The molecule has 14 nitrogen and oxygen atoms in total. The van der Waals surface area contributed by atoms with Crippen molar-refractivity contribution < 1.29 is 19.4 Å². The van der Waals surface area contributed by atoms with E-state index in [-0.39, 0.29) is 36.4 Å². The number of hydrogen-bond donors (Lipinski definition) is 3. The average Bonchev–Trinajstić information content (AvgIpc) is 3.49. The number of amides is 2. The van der Waals surface area contributed by atoms with Crippen LogP contribution in [0.1, 0.15) is 60.2 Å². The van der Waals surface area contributed by atoms with E-state index in [1.165, 1.54) is 25.2 Å². The van der Waals surface area contributed by atoms with E-state index in [1.807, 2.05) is 34.2 Å². The van der Waals surface area contributed by atoms with Crippen molar-refractivity contribution in [1.29, 1.82) is 0 Å². The van der Waals surface area contributed by atoms with Crippen LogP contribution in [-0.4, -0.2) is 107 Å². The molecule has 0 unspecified atom stereocenters. The zero-order valence-corrected chi connectivity index (χ0v) is 30.4. The van der Waals surface area contributed by atoms with Crippen LogP contribution < -0.4 is 15.8 Å². The van der Waals surface area contributed by atoms with Crippen molar-refractivity contribution in [3.8, 4) is 17.3 Å². The number of methoxy groups -OCH3 is 1. The highest BCUT2D eigenvalue weighted by atomic mass is 16.5. The van der Waals surface area contributed by atoms with E-state index in [2.05, 4.69) is 36.6 Å². The third-order valence-corrected chi connectivity index (χ3v) is 11.5. The number of nitrogens with one attached hydrogen (secondary N) is 1. The standard InChI is InChI=1S/C39H46N10O4/c1-39(2,52)21-44-38-42-14-27(15-43-38)36(50)46-16-23(17-46)19-49-33-28(11-26(13-31(33)53-3)37(51)48-20-25-8-9-29(48)32(25)40)45-35(49)30-12-24-5-4-10-41-34(24)47(30)18-22-6-7-22/h4-5,10-15,22-23,25,29,32,52H,6-9,16-21,40H2,1-3H3,(H,42,43,44)/t25-,29-,32-/m1/s1. The maximum Gasteiger partial charge on any atom is 0.257 e. The Morgan fingerprint density at radius 1 is 0.962 bits per heavy atom. The molecule has 4 aliphatic rings. The molecular weight excluding hydrogens is 672 g/mol. The van der Waals surface area contributed by atoms with Crippen LogP contribution in [0.25, 0.3) is 33.6 Å². The van der Waals surface area contributed by atoms with Crippen LogP contribution in [0.2, 0.25) is 0 Å². The Kier molecular flexibility index (Phi) is 8.15. The zero-order valence-electron chi connectivity index (χ0n) is 30.4. The van der Waals surface area contributed by atoms with Gasteiger partial charge in [0.05, 0.1) is 29.5 Å². The zero-order chi connectivity index (χ0) is 36.6. The largest absolute Gasteiger partial charge is 0.494 e. The molecule has 4 N–H and O–H groups in total. The fraction of sp³-hybridized carbons (Fsp3) is 0.487. The first-order valence-corrected chi connectivity index (χ1v) is 18.7. The lowest BCUT2D eigenvalue weighted by Crippen LogP contribution is -2.51. The van der Waals surface area contributed by atoms with Crippen molar-refractivity contribution in [3.63, 3.8) is 0 Å². The molecule has 2 bridgehead atoms. The molecule has 2 aliphatic heterocycles. The van der Waals surface area contributed by atoms with Crippen LogP contribution in [0, 0.1) is 17.8 Å². The van der Waals surface area contributed by atoms with E-state index in [0.717, 1.165) is 47.5 Å². The summed E-state index contributed by atoms with van der Waals surface area (Å²) in [5.74, 6) is 2.67. The fourth-order valence-corrected chi connectivity index (χ4v) is 8.46. The van der Waals surface area contributed by atoms with E-state index >= 15 is 0 Å². The molecule has 5 aromatic rings. The van der Waals surface area contributed by atoms with Gasteiger partial charge in [-0.1, -0.05) is 0 Å². The quantitative estimate of drug-likeness (QED) is 0.183. The predicted octanol–water partition coefficient (Wildman–Crippen LogP) is 3.78. The molecule has 14 heteroatoms. The molecule has 2 saturated carbocycles. The number of imidazole rings is 1. The second-order valence-electron chi connectivity index (χ2n) is 16.1. The number of nitrogens with zero attached hydrogens (tertiary/aromatic N) is 8. The number of ether oxygens (including phenoxy) is 1. The lowest BCUT2D eigenvalue weighted by atomic mass is 9.98. The smallest absolute Gasteiger partial charge is 0.257 e. The number of fused-ring (bicyclic) bond motifs is 4. The summed E-state index contributed by atoms with van der Waals surface area (Å²) in [6, 6.07) is 10.1. The molecule has 4 fully saturated rings. The second kappa shape index (κ2) is 12.8. The molecule has 0 spiro atoms. The van der Waals surface area contributed by atoms with Gasteiger partial charge in [-0.15, -0.1) is 0 Å². The van der Waals surface area contributed by atoms with E-state index in [1.54, 1.807) is 21.0 Å². The highest BCUT2D eigenvalue weighted by Crippen LogP contribution is 2.41. The van der Waals surface area contributed by atoms with Gasteiger partial charge in [0, 0.05) is 86.8 Å². The van der Waals surface area contributed by atoms with Crippen LogP contribution in [0.4, 0.5) is 5.95 Å². The number of carbonyl (C=O) groups is 2. The minimum Gasteiger partial charge on any atom is -0.494 e. The second-order valence-corrected chi connectivity index (χ2v) is 16.1. The summed E-state index contributed by atoms with van der Waals surface area (Å²) in [5.41, 5.74) is 9.95. The van der Waals surface area contributed by atoms with Crippen molar-refractivity contribution in [1.82, 2.24) is 38.9 Å². The van der Waals surface area contributed by atoms with Gasteiger partial charge in [0.2, 0.25) is 5.95 Å². The van der Waals surface area contributed by atoms with Gasteiger partial charge in [-0.05, 0) is 81.7 Å². The van der Waals surface area contributed by atoms with Gasteiger partial charge in [-0.25, -0.2) is 19.9 Å². The predicted molar refractivity (Wildman–Crippen MR) is 199 cm³/mol. The molecule has 2 amide bonds. The summed E-state index contributed by atoms with van der Waals surface area (Å²) in [6.45, 7) is 6.93. The Labute approximate surface area is 307 Å². The number of rotatable bonds is 11. The van der Waals surface area contributed by atoms with Crippen molar-refractivity contribution in [2.24, 2.45) is 23.5 Å². The van der Waals surface area contributed by atoms with E-state index in [9.17, 15) is 14.7 Å². The molecule has 1 aromatic carbocycles. The first kappa shape index (κ1) is 33.7. The summed E-state index contributed by atoms with van der Waals surface area (Å²) in [6.07, 6.45) is 9.28. The molecular formula is C39H46N10O4. The topological polar surface area (TPSA) is 170 Å². The number of hydrogen-bond acceptors (Lipinski definition) is 10. The number of pyridine rings is 1. The van der Waals surface area contributed by atoms with Crippen LogP contribution in [-0.2, 0) is 13.1 Å². The number of likely N-dealkylation sites (tertiary alicyclic amines) is 2. The minimum absolute atomic E-state index is 0.0275. The van der Waals surface area contributed by atoms with E-state index < -0.39 is 5.60 Å². The summed E-state index contributed by atoms with van der Waals surface area (Å²) >= 11 is 0. The Bertz CT molecular complexity index is 2210. The lowest BCUT2D eigenvalue weighted by Gasteiger charge is -2.39. The molecule has 276 valence electrons. The summed E-state index contributed by atoms with van der Waals surface area (Å²) in [7, 11) is 1.64. The number of carbonyl (C=O) groups excluding carboxylic acids is 2. The fourth-order valence-electron chi connectivity index (χ4n) is 8.46. The number of anilines is 1. The van der Waals surface area contributed by atoms with Gasteiger partial charge in [-0.2, -0.15) is 0 Å². The van der Waals surface area contributed by atoms with Gasteiger partial charge in [0.1, 0.15) is 16.9 Å². The van der Waals surface area contributed by atoms with E-state index in [4.69, 9.17) is 20.4 Å². The molecule has 2 aliphatic carbocycles. The van der Waals surface area contributed by atoms with Crippen LogP contribution in [0.15, 0.2) is 48.9 Å². The molecule has 0 radical (unpaired) electrons. The number of benzene rings is 1. The van der Waals surface area contributed by atoms with Crippen molar-refractivity contribution >= 4 is 39.8 Å². The average molecular weight is 719 g/mol. The molecule has 6 heterocycles. The molecule has 53 heavy (non-hydrogen) atoms. The number of aromatic nitrogens is 6. The Morgan fingerprint density at radius 3 is 2.42 bits per heavy atom. The van der Waals surface area contributed by atoms with Crippen LogP contribution in [0.5, 0.6) is 5.75 Å². The monoisotopic (exact) mass is 718 g/mol. The van der Waals surface area contributed by atoms with Gasteiger partial charge in [-0.3, -0.25) is 9.59 Å². The molecule has 2 saturated heterocycles. The number of piperidine rings is 1. The maximum atomic E-state index is 14.0. The first-order valence-electron chi connectivity index (χ1n) is 18.7. The summed E-state index contributed by atoms with van der Waals surface area (Å²) in [5, 5.41) is 14.0. The lowest BCUT2D eigenvalue weighted by molar-refractivity contribution is 0.0470. The van der Waals surface area contributed by atoms with Crippen molar-refractivity contribution in [3.05, 3.63) is 60.0 Å².